The Hall–Kier alpha value is -1.33. The lowest BCUT2D eigenvalue weighted by Gasteiger charge is -2.20. The second-order valence-electron chi connectivity index (χ2n) is 4.00. The van der Waals surface area contributed by atoms with E-state index in [-0.39, 0.29) is 10.8 Å². The van der Waals surface area contributed by atoms with Crippen molar-refractivity contribution in [3.8, 4) is 0 Å². The number of hydrogen-bond donors (Lipinski definition) is 0. The Morgan fingerprint density at radius 3 is 2.37 bits per heavy atom. The van der Waals surface area contributed by atoms with Crippen molar-refractivity contribution in [3.63, 3.8) is 0 Å². The van der Waals surface area contributed by atoms with E-state index in [0.29, 0.717) is 18.7 Å². The van der Waals surface area contributed by atoms with Crippen molar-refractivity contribution >= 4 is 25.6 Å². The van der Waals surface area contributed by atoms with E-state index in [4.69, 9.17) is 10.7 Å². The van der Waals surface area contributed by atoms with Crippen LogP contribution in [0.15, 0.2) is 41.8 Å². The molecule has 19 heavy (non-hydrogen) atoms. The lowest BCUT2D eigenvalue weighted by atomic mass is 10.2. The van der Waals surface area contributed by atoms with Crippen LogP contribution in [0.25, 0.3) is 0 Å². The van der Waals surface area contributed by atoms with E-state index in [0.717, 1.165) is 6.42 Å². The van der Waals surface area contributed by atoms with E-state index in [9.17, 15) is 13.2 Å². The van der Waals surface area contributed by atoms with Gasteiger partial charge in [0.05, 0.1) is 4.90 Å². The van der Waals surface area contributed by atoms with Gasteiger partial charge >= 0.3 is 0 Å². The second-order valence-corrected chi connectivity index (χ2v) is 6.57. The van der Waals surface area contributed by atoms with Gasteiger partial charge in [0.15, 0.2) is 0 Å². The third-order valence-corrected chi connectivity index (χ3v) is 3.88. The van der Waals surface area contributed by atoms with E-state index in [2.05, 4.69) is 6.58 Å². The van der Waals surface area contributed by atoms with E-state index in [1.807, 2.05) is 6.92 Å². The minimum Gasteiger partial charge on any atom is -0.335 e. The van der Waals surface area contributed by atoms with Gasteiger partial charge in [0.1, 0.15) is 0 Å². The third kappa shape index (κ3) is 4.36. The molecule has 1 amide bonds. The van der Waals surface area contributed by atoms with Gasteiger partial charge in [-0.1, -0.05) is 13.0 Å². The van der Waals surface area contributed by atoms with Gasteiger partial charge < -0.3 is 4.90 Å². The average molecular weight is 302 g/mol. The van der Waals surface area contributed by atoms with Gasteiger partial charge in [-0.25, -0.2) is 8.42 Å². The minimum absolute atomic E-state index is 0.0171. The van der Waals surface area contributed by atoms with Crippen LogP contribution in [0, 0.1) is 0 Å². The second kappa shape index (κ2) is 6.73. The topological polar surface area (TPSA) is 54.5 Å². The molecule has 0 radical (unpaired) electrons. The highest BCUT2D eigenvalue weighted by molar-refractivity contribution is 8.13. The molecule has 0 N–H and O–H groups in total. The molecule has 104 valence electrons. The van der Waals surface area contributed by atoms with Crippen molar-refractivity contribution in [1.82, 2.24) is 4.90 Å². The lowest BCUT2D eigenvalue weighted by Crippen LogP contribution is -2.31. The first-order chi connectivity index (χ1) is 8.90. The molecule has 0 bridgehead atoms. The molecule has 1 aromatic rings. The van der Waals surface area contributed by atoms with Crippen LogP contribution in [0.5, 0.6) is 0 Å². The fourth-order valence-corrected chi connectivity index (χ4v) is 2.41. The lowest BCUT2D eigenvalue weighted by molar-refractivity contribution is 0.0774. The summed E-state index contributed by atoms with van der Waals surface area (Å²) in [7, 11) is 1.46. The minimum atomic E-state index is -3.75. The summed E-state index contributed by atoms with van der Waals surface area (Å²) in [6.07, 6.45) is 2.50. The molecule has 6 heteroatoms. The van der Waals surface area contributed by atoms with Crippen LogP contribution < -0.4 is 0 Å². The maximum absolute atomic E-state index is 12.2. The third-order valence-electron chi connectivity index (χ3n) is 2.51. The van der Waals surface area contributed by atoms with Crippen molar-refractivity contribution in [2.24, 2.45) is 0 Å². The largest absolute Gasteiger partial charge is 0.335 e. The fraction of sp³-hybridized carbons (Fsp3) is 0.308. The maximum Gasteiger partial charge on any atom is 0.261 e. The van der Waals surface area contributed by atoms with Crippen molar-refractivity contribution < 1.29 is 13.2 Å². The summed E-state index contributed by atoms with van der Waals surface area (Å²) in [5.41, 5.74) is 0.430. The molecule has 0 unspecified atom stereocenters. The molecular weight excluding hydrogens is 286 g/mol. The number of halogens is 1. The highest BCUT2D eigenvalue weighted by atomic mass is 35.7. The Morgan fingerprint density at radius 2 is 1.95 bits per heavy atom. The first kappa shape index (κ1) is 15.7. The van der Waals surface area contributed by atoms with Crippen LogP contribution in [0.3, 0.4) is 0 Å². The molecule has 0 saturated carbocycles. The molecule has 0 aliphatic carbocycles. The van der Waals surface area contributed by atoms with Gasteiger partial charge in [-0.3, -0.25) is 4.79 Å². The zero-order valence-electron chi connectivity index (χ0n) is 10.7. The van der Waals surface area contributed by atoms with E-state index in [1.54, 1.807) is 11.0 Å². The number of hydrogen-bond acceptors (Lipinski definition) is 3. The average Bonchev–Trinajstić information content (AvgIpc) is 2.37. The Kier molecular flexibility index (Phi) is 5.57. The van der Waals surface area contributed by atoms with Gasteiger partial charge in [-0.2, -0.15) is 0 Å². The molecule has 0 aromatic heterocycles. The number of nitrogens with zero attached hydrogens (tertiary/aromatic N) is 1. The summed E-state index contributed by atoms with van der Waals surface area (Å²) in [6, 6.07) is 5.58. The molecule has 0 aliphatic rings. The predicted octanol–water partition coefficient (Wildman–Crippen LogP) is 2.65. The molecular formula is C13H16ClNO3S. The van der Waals surface area contributed by atoms with Crippen LogP contribution in [-0.4, -0.2) is 32.3 Å². The Labute approximate surface area is 118 Å². The molecule has 1 aromatic carbocycles. The smallest absolute Gasteiger partial charge is 0.261 e. The summed E-state index contributed by atoms with van der Waals surface area (Å²) >= 11 is 0. The van der Waals surface area contributed by atoms with Crippen LogP contribution >= 0.6 is 10.7 Å². The van der Waals surface area contributed by atoms with E-state index >= 15 is 0 Å². The summed E-state index contributed by atoms with van der Waals surface area (Å²) < 4.78 is 22.2. The Morgan fingerprint density at radius 1 is 1.37 bits per heavy atom. The maximum atomic E-state index is 12.2. The van der Waals surface area contributed by atoms with Crippen molar-refractivity contribution in [2.75, 3.05) is 13.1 Å². The quantitative estimate of drug-likeness (QED) is 0.599. The normalized spacial score (nSPS) is 11.1. The van der Waals surface area contributed by atoms with Crippen molar-refractivity contribution in [1.29, 1.82) is 0 Å². The molecule has 0 saturated heterocycles. The SMILES string of the molecule is C=CCN(CCC)C(=O)c1ccc(S(=O)(=O)Cl)cc1. The first-order valence-electron chi connectivity index (χ1n) is 5.85. The molecule has 0 heterocycles. The summed E-state index contributed by atoms with van der Waals surface area (Å²) in [5.74, 6) is -0.153. The predicted molar refractivity (Wildman–Crippen MR) is 75.9 cm³/mol. The molecule has 0 spiro atoms. The van der Waals surface area contributed by atoms with Gasteiger partial charge in [-0.05, 0) is 30.7 Å². The monoisotopic (exact) mass is 301 g/mol. The van der Waals surface area contributed by atoms with Crippen molar-refractivity contribution in [2.45, 2.75) is 18.2 Å². The van der Waals surface area contributed by atoms with Crippen LogP contribution in [-0.2, 0) is 9.05 Å². The summed E-state index contributed by atoms with van der Waals surface area (Å²) in [6.45, 7) is 6.68. The highest BCUT2D eigenvalue weighted by Crippen LogP contribution is 2.16. The molecule has 0 fully saturated rings. The number of rotatable bonds is 6. The van der Waals surface area contributed by atoms with Crippen LogP contribution in [0.1, 0.15) is 23.7 Å². The standard InChI is InChI=1S/C13H16ClNO3S/c1-3-9-15(10-4-2)13(16)11-5-7-12(8-6-11)19(14,17)18/h3,5-8H,1,4,9-10H2,2H3. The zero-order chi connectivity index (χ0) is 14.5. The Balaban J connectivity index is 2.96. The first-order valence-corrected chi connectivity index (χ1v) is 8.16. The molecule has 4 nitrogen and oxygen atoms in total. The summed E-state index contributed by atoms with van der Waals surface area (Å²) in [5, 5.41) is 0. The highest BCUT2D eigenvalue weighted by Gasteiger charge is 2.15. The van der Waals surface area contributed by atoms with E-state index in [1.165, 1.54) is 24.3 Å². The molecule has 1 rings (SSSR count). The van der Waals surface area contributed by atoms with Gasteiger partial charge in [0, 0.05) is 29.3 Å². The fourth-order valence-electron chi connectivity index (χ4n) is 1.64. The number of carbonyl (C=O) groups is 1. The van der Waals surface area contributed by atoms with Gasteiger partial charge in [0.2, 0.25) is 0 Å². The van der Waals surface area contributed by atoms with E-state index < -0.39 is 9.05 Å². The van der Waals surface area contributed by atoms with Gasteiger partial charge in [0.25, 0.3) is 15.0 Å². The number of benzene rings is 1. The van der Waals surface area contributed by atoms with Crippen LogP contribution in [0.4, 0.5) is 0 Å². The molecule has 0 atom stereocenters. The van der Waals surface area contributed by atoms with Gasteiger partial charge in [-0.15, -0.1) is 6.58 Å². The number of amides is 1. The summed E-state index contributed by atoms with van der Waals surface area (Å²) in [4.78, 5) is 13.8. The number of carbonyl (C=O) groups excluding carboxylic acids is 1. The zero-order valence-corrected chi connectivity index (χ0v) is 12.2. The van der Waals surface area contributed by atoms with Crippen molar-refractivity contribution in [3.05, 3.63) is 42.5 Å². The Bertz CT molecular complexity index is 552. The molecule has 0 aliphatic heterocycles. The van der Waals surface area contributed by atoms with Crippen LogP contribution in [0.2, 0.25) is 0 Å².